The molecule has 0 aliphatic rings. The number of imidazole rings is 1. The van der Waals surface area contributed by atoms with E-state index in [1.807, 2.05) is 9.97 Å². The number of fused-ring (bicyclic) bond motifs is 1. The summed E-state index contributed by atoms with van der Waals surface area (Å²) in [6.45, 7) is 0. The molecule has 0 saturated carbocycles. The third-order valence-corrected chi connectivity index (χ3v) is 3.14. The maximum absolute atomic E-state index is 11.2. The van der Waals surface area contributed by atoms with Gasteiger partial charge in [0.25, 0.3) is 0 Å². The van der Waals surface area contributed by atoms with E-state index in [0.29, 0.717) is 0 Å². The lowest BCUT2D eigenvalue weighted by Gasteiger charge is -2.01. The number of rotatable bonds is 3. The first-order valence-electron chi connectivity index (χ1n) is 4.66. The molecule has 2 rings (SSSR count). The van der Waals surface area contributed by atoms with Gasteiger partial charge in [0.15, 0.2) is 15.5 Å². The van der Waals surface area contributed by atoms with Crippen LogP contribution in [0.5, 0.6) is 0 Å². The van der Waals surface area contributed by atoms with Crippen molar-refractivity contribution in [2.45, 2.75) is 0 Å². The number of halogens is 1. The Bertz CT molecular complexity index is 836. The molecule has 0 atom stereocenters. The van der Waals surface area contributed by atoms with Crippen molar-refractivity contribution in [3.63, 3.8) is 0 Å². The highest BCUT2D eigenvalue weighted by Crippen LogP contribution is 2.45. The largest absolute Gasteiger partial charge is 0.373 e. The third-order valence-electron chi connectivity index (χ3n) is 2.39. The molecule has 1 heterocycles. The van der Waals surface area contributed by atoms with Crippen molar-refractivity contribution in [1.29, 1.82) is 0 Å². The molecule has 0 radical (unpaired) electrons. The Balaban J connectivity index is 3.18. The fourth-order valence-electron chi connectivity index (χ4n) is 1.70. The number of hydrogen-bond donors (Lipinski definition) is 2. The molecule has 0 spiro atoms. The van der Waals surface area contributed by atoms with E-state index in [9.17, 15) is 35.1 Å². The zero-order chi connectivity index (χ0) is 15.2. The van der Waals surface area contributed by atoms with Crippen LogP contribution in [0.15, 0.2) is 9.27 Å². The molecule has 1 aromatic heterocycles. The van der Waals surface area contributed by atoms with Gasteiger partial charge in [-0.05, 0) is 15.9 Å². The van der Waals surface area contributed by atoms with Gasteiger partial charge in [0.05, 0.1) is 14.8 Å². The van der Waals surface area contributed by atoms with Crippen LogP contribution in [0.4, 0.5) is 17.1 Å². The van der Waals surface area contributed by atoms with Crippen LogP contribution in [0.3, 0.4) is 0 Å². The van der Waals surface area contributed by atoms with Crippen LogP contribution >= 0.6 is 15.9 Å². The molecule has 1 aromatic carbocycles. The molecule has 0 bridgehead atoms. The number of nitro groups is 3. The van der Waals surface area contributed by atoms with Gasteiger partial charge in [0.1, 0.15) is 0 Å². The van der Waals surface area contributed by atoms with E-state index in [1.54, 1.807) is 0 Å². The number of nitro benzene ring substituents is 3. The van der Waals surface area contributed by atoms with Gasteiger partial charge >= 0.3 is 22.8 Å². The topological polar surface area (TPSA) is 178 Å². The van der Waals surface area contributed by atoms with Crippen molar-refractivity contribution < 1.29 is 14.8 Å². The summed E-state index contributed by atoms with van der Waals surface area (Å²) in [6, 6.07) is 0. The van der Waals surface area contributed by atoms with E-state index in [0.717, 1.165) is 0 Å². The summed E-state index contributed by atoms with van der Waals surface area (Å²) in [4.78, 5) is 44.7. The average molecular weight is 348 g/mol. The molecule has 0 fully saturated rings. The molecule has 2 N–H and O–H groups in total. The minimum absolute atomic E-state index is 0.496. The summed E-state index contributed by atoms with van der Waals surface area (Å²) >= 11 is 2.61. The molecule has 2 aromatic rings. The van der Waals surface area contributed by atoms with E-state index in [1.165, 1.54) is 0 Å². The highest BCUT2D eigenvalue weighted by Gasteiger charge is 2.40. The number of aromatic nitrogens is 2. The SMILES string of the molecule is O=c1[nH]c2c([N+](=O)[O-])c(Br)c([N+](=O)[O-])c([N+](=O)[O-])c2[nH]1. The van der Waals surface area contributed by atoms with Gasteiger partial charge in [0.2, 0.25) is 0 Å². The minimum Gasteiger partial charge on any atom is -0.300 e. The fourth-order valence-corrected chi connectivity index (χ4v) is 2.37. The number of H-pyrrole nitrogens is 2. The smallest absolute Gasteiger partial charge is 0.300 e. The van der Waals surface area contributed by atoms with Crippen LogP contribution in [-0.4, -0.2) is 24.7 Å². The van der Waals surface area contributed by atoms with Crippen LogP contribution < -0.4 is 5.69 Å². The summed E-state index contributed by atoms with van der Waals surface area (Å²) in [5.74, 6) is 0. The summed E-state index contributed by atoms with van der Waals surface area (Å²) in [7, 11) is 0. The predicted molar refractivity (Wildman–Crippen MR) is 66.6 cm³/mol. The van der Waals surface area contributed by atoms with Gasteiger partial charge < -0.3 is 0 Å². The molecule has 0 saturated heterocycles. The lowest BCUT2D eigenvalue weighted by Crippen LogP contribution is -2.02. The Hall–Kier alpha value is -2.83. The van der Waals surface area contributed by atoms with Gasteiger partial charge in [-0.3, -0.25) is 40.3 Å². The molecule has 104 valence electrons. The lowest BCUT2D eigenvalue weighted by atomic mass is 10.2. The summed E-state index contributed by atoms with van der Waals surface area (Å²) in [5.41, 5.74) is -5.05. The molecule has 20 heavy (non-hydrogen) atoms. The van der Waals surface area contributed by atoms with Gasteiger partial charge in [-0.15, -0.1) is 0 Å². The number of aromatic amines is 2. The van der Waals surface area contributed by atoms with Gasteiger partial charge in [-0.25, -0.2) is 4.79 Å². The Labute approximate surface area is 115 Å². The summed E-state index contributed by atoms with van der Waals surface area (Å²) in [6.07, 6.45) is 0. The summed E-state index contributed by atoms with van der Waals surface area (Å²) in [5, 5.41) is 32.8. The molecule has 12 nitrogen and oxygen atoms in total. The minimum atomic E-state index is -1.14. The second-order valence-electron chi connectivity index (χ2n) is 3.46. The van der Waals surface area contributed by atoms with E-state index in [2.05, 4.69) is 15.9 Å². The van der Waals surface area contributed by atoms with E-state index < -0.39 is 53.0 Å². The average Bonchev–Trinajstić information content (AvgIpc) is 2.66. The van der Waals surface area contributed by atoms with Crippen LogP contribution in [-0.2, 0) is 0 Å². The maximum Gasteiger partial charge on any atom is 0.373 e. The van der Waals surface area contributed by atoms with Crippen molar-refractivity contribution in [3.05, 3.63) is 45.3 Å². The number of hydrogen-bond acceptors (Lipinski definition) is 7. The second kappa shape index (κ2) is 4.37. The van der Waals surface area contributed by atoms with Gasteiger partial charge in [0, 0.05) is 0 Å². The zero-order valence-corrected chi connectivity index (χ0v) is 10.7. The van der Waals surface area contributed by atoms with Crippen molar-refractivity contribution in [1.82, 2.24) is 9.97 Å². The molecular formula is C7H2BrN5O7. The second-order valence-corrected chi connectivity index (χ2v) is 4.25. The molecule has 13 heteroatoms. The normalized spacial score (nSPS) is 10.7. The molecule has 0 amide bonds. The highest BCUT2D eigenvalue weighted by atomic mass is 79.9. The van der Waals surface area contributed by atoms with Gasteiger partial charge in [-0.2, -0.15) is 0 Å². The number of nitrogens with zero attached hydrogens (tertiary/aromatic N) is 3. The van der Waals surface area contributed by atoms with E-state index in [4.69, 9.17) is 0 Å². The monoisotopic (exact) mass is 347 g/mol. The standard InChI is InChI=1S/C7H2BrN5O7/c8-1-4(11(15)16)2-3(10-7(14)9-2)6(13(19)20)5(1)12(17)18/h(H2,9,10,14). The molecule has 0 unspecified atom stereocenters. The molecule has 0 aliphatic carbocycles. The Morgan fingerprint density at radius 1 is 0.800 bits per heavy atom. The fraction of sp³-hybridized carbons (Fsp3) is 0. The lowest BCUT2D eigenvalue weighted by molar-refractivity contribution is -0.423. The Morgan fingerprint density at radius 3 is 1.60 bits per heavy atom. The first kappa shape index (κ1) is 13.6. The van der Waals surface area contributed by atoms with Gasteiger partial charge in [-0.1, -0.05) is 0 Å². The maximum atomic E-state index is 11.2. The van der Waals surface area contributed by atoms with Crippen LogP contribution in [0.25, 0.3) is 11.0 Å². The highest BCUT2D eigenvalue weighted by molar-refractivity contribution is 9.10. The van der Waals surface area contributed by atoms with Crippen LogP contribution in [0, 0.1) is 30.3 Å². The van der Waals surface area contributed by atoms with Crippen molar-refractivity contribution in [3.8, 4) is 0 Å². The molecular weight excluding hydrogens is 346 g/mol. The van der Waals surface area contributed by atoms with Crippen molar-refractivity contribution >= 4 is 44.0 Å². The first-order chi connectivity index (χ1) is 9.25. The predicted octanol–water partition coefficient (Wildman–Crippen LogP) is 1.34. The quantitative estimate of drug-likeness (QED) is 0.620. The third kappa shape index (κ3) is 1.80. The van der Waals surface area contributed by atoms with Crippen molar-refractivity contribution in [2.24, 2.45) is 0 Å². The number of benzene rings is 1. The number of nitrogens with one attached hydrogen (secondary N) is 2. The van der Waals surface area contributed by atoms with Crippen LogP contribution in [0.2, 0.25) is 0 Å². The molecule has 0 aliphatic heterocycles. The van der Waals surface area contributed by atoms with E-state index in [-0.39, 0.29) is 0 Å². The summed E-state index contributed by atoms with van der Waals surface area (Å²) < 4.78 is -0.693. The van der Waals surface area contributed by atoms with Crippen molar-refractivity contribution in [2.75, 3.05) is 0 Å². The van der Waals surface area contributed by atoms with Crippen LogP contribution in [0.1, 0.15) is 0 Å². The van der Waals surface area contributed by atoms with E-state index >= 15 is 0 Å². The first-order valence-corrected chi connectivity index (χ1v) is 5.45. The Kier molecular flexibility index (Phi) is 2.97. The zero-order valence-electron chi connectivity index (χ0n) is 9.08. The Morgan fingerprint density at radius 2 is 1.20 bits per heavy atom.